The molecule has 0 radical (unpaired) electrons. The Morgan fingerprint density at radius 1 is 1.42 bits per heavy atom. The molecule has 1 heterocycles. The Morgan fingerprint density at radius 2 is 2.05 bits per heavy atom. The SMILES string of the molecule is CC1CS(=O)(=O)CCN1Cc1ccc(C(N)=S)cc1. The first kappa shape index (κ1) is 14.4. The van der Waals surface area contributed by atoms with Crippen LogP contribution in [0.4, 0.5) is 0 Å². The van der Waals surface area contributed by atoms with Crippen molar-refractivity contribution >= 4 is 27.0 Å². The van der Waals surface area contributed by atoms with Gasteiger partial charge in [-0.3, -0.25) is 4.90 Å². The molecule has 1 aliphatic rings. The minimum Gasteiger partial charge on any atom is -0.389 e. The average molecular weight is 298 g/mol. The van der Waals surface area contributed by atoms with E-state index >= 15 is 0 Å². The maximum Gasteiger partial charge on any atom is 0.153 e. The molecule has 0 bridgehead atoms. The summed E-state index contributed by atoms with van der Waals surface area (Å²) < 4.78 is 23.0. The molecule has 1 unspecified atom stereocenters. The van der Waals surface area contributed by atoms with Gasteiger partial charge in [-0.2, -0.15) is 0 Å². The van der Waals surface area contributed by atoms with Crippen LogP contribution in [-0.2, 0) is 16.4 Å². The molecule has 104 valence electrons. The van der Waals surface area contributed by atoms with Crippen LogP contribution in [0.3, 0.4) is 0 Å². The number of thiocarbonyl (C=S) groups is 1. The molecule has 4 nitrogen and oxygen atoms in total. The van der Waals surface area contributed by atoms with Gasteiger partial charge in [0, 0.05) is 24.7 Å². The van der Waals surface area contributed by atoms with Gasteiger partial charge >= 0.3 is 0 Å². The second-order valence-corrected chi connectivity index (χ2v) is 7.66. The smallest absolute Gasteiger partial charge is 0.153 e. The first-order chi connectivity index (χ1) is 8.87. The number of sulfone groups is 1. The Hall–Kier alpha value is -0.980. The van der Waals surface area contributed by atoms with Crippen molar-refractivity contribution in [3.63, 3.8) is 0 Å². The number of nitrogens with zero attached hydrogens (tertiary/aromatic N) is 1. The Kier molecular flexibility index (Phi) is 4.23. The Balaban J connectivity index is 2.03. The van der Waals surface area contributed by atoms with E-state index in [0.29, 0.717) is 11.5 Å². The second kappa shape index (κ2) is 5.56. The van der Waals surface area contributed by atoms with E-state index in [-0.39, 0.29) is 17.5 Å². The lowest BCUT2D eigenvalue weighted by Crippen LogP contribution is -2.46. The summed E-state index contributed by atoms with van der Waals surface area (Å²) in [7, 11) is -2.85. The van der Waals surface area contributed by atoms with Crippen molar-refractivity contribution in [2.45, 2.75) is 19.5 Å². The Morgan fingerprint density at radius 3 is 2.58 bits per heavy atom. The number of hydrogen-bond acceptors (Lipinski definition) is 4. The number of rotatable bonds is 3. The van der Waals surface area contributed by atoms with E-state index in [1.54, 1.807) is 0 Å². The Bertz CT molecular complexity index is 567. The van der Waals surface area contributed by atoms with Crippen LogP contribution in [0.2, 0.25) is 0 Å². The van der Waals surface area contributed by atoms with Crippen molar-refractivity contribution in [3.8, 4) is 0 Å². The molecule has 1 aliphatic heterocycles. The van der Waals surface area contributed by atoms with Gasteiger partial charge in [-0.05, 0) is 12.5 Å². The number of nitrogens with two attached hydrogens (primary N) is 1. The molecule has 0 saturated carbocycles. The molecule has 6 heteroatoms. The highest BCUT2D eigenvalue weighted by Gasteiger charge is 2.27. The fraction of sp³-hybridized carbons (Fsp3) is 0.462. The summed E-state index contributed by atoms with van der Waals surface area (Å²) in [4.78, 5) is 2.58. The van der Waals surface area contributed by atoms with Crippen LogP contribution in [0.5, 0.6) is 0 Å². The molecule has 1 saturated heterocycles. The van der Waals surface area contributed by atoms with Gasteiger partial charge in [0.15, 0.2) is 9.84 Å². The molecular weight excluding hydrogens is 280 g/mol. The van der Waals surface area contributed by atoms with E-state index in [2.05, 4.69) is 4.90 Å². The number of benzene rings is 1. The summed E-state index contributed by atoms with van der Waals surface area (Å²) >= 11 is 4.91. The summed E-state index contributed by atoms with van der Waals surface area (Å²) in [6.07, 6.45) is 0. The highest BCUT2D eigenvalue weighted by Crippen LogP contribution is 2.15. The standard InChI is InChI=1S/C13H18N2O2S2/c1-10-9-19(16,17)7-6-15(10)8-11-2-4-12(5-3-11)13(14)18/h2-5,10H,6-9H2,1H3,(H2,14,18). The van der Waals surface area contributed by atoms with Gasteiger partial charge in [0.05, 0.1) is 11.5 Å². The minimum atomic E-state index is -2.85. The van der Waals surface area contributed by atoms with E-state index < -0.39 is 9.84 Å². The molecule has 2 rings (SSSR count). The van der Waals surface area contributed by atoms with Crippen LogP contribution >= 0.6 is 12.2 Å². The van der Waals surface area contributed by atoms with Crippen molar-refractivity contribution in [1.29, 1.82) is 0 Å². The zero-order chi connectivity index (χ0) is 14.0. The lowest BCUT2D eigenvalue weighted by molar-refractivity contribution is 0.218. The van der Waals surface area contributed by atoms with E-state index in [9.17, 15) is 8.42 Å². The molecule has 0 aliphatic carbocycles. The molecule has 1 fully saturated rings. The van der Waals surface area contributed by atoms with E-state index in [1.807, 2.05) is 31.2 Å². The number of hydrogen-bond donors (Lipinski definition) is 1. The lowest BCUT2D eigenvalue weighted by Gasteiger charge is -2.33. The minimum absolute atomic E-state index is 0.0639. The highest BCUT2D eigenvalue weighted by molar-refractivity contribution is 7.91. The monoisotopic (exact) mass is 298 g/mol. The largest absolute Gasteiger partial charge is 0.389 e. The van der Waals surface area contributed by atoms with Crippen molar-refractivity contribution in [1.82, 2.24) is 4.90 Å². The Labute approximate surface area is 119 Å². The first-order valence-corrected chi connectivity index (χ1v) is 8.43. The maximum atomic E-state index is 11.5. The third kappa shape index (κ3) is 3.75. The molecule has 0 amide bonds. The molecule has 0 spiro atoms. The quantitative estimate of drug-likeness (QED) is 0.842. The fourth-order valence-corrected chi connectivity index (χ4v) is 4.04. The molecule has 19 heavy (non-hydrogen) atoms. The predicted octanol–water partition coefficient (Wildman–Crippen LogP) is 0.940. The topological polar surface area (TPSA) is 63.4 Å². The van der Waals surface area contributed by atoms with Crippen molar-refractivity contribution in [2.24, 2.45) is 5.73 Å². The summed E-state index contributed by atoms with van der Waals surface area (Å²) in [6, 6.07) is 7.86. The van der Waals surface area contributed by atoms with Crippen LogP contribution in [-0.4, -0.2) is 42.4 Å². The highest BCUT2D eigenvalue weighted by atomic mass is 32.2. The van der Waals surface area contributed by atoms with Gasteiger partial charge in [0.1, 0.15) is 4.99 Å². The summed E-state index contributed by atoms with van der Waals surface area (Å²) in [6.45, 7) is 3.31. The third-order valence-electron chi connectivity index (χ3n) is 3.43. The van der Waals surface area contributed by atoms with Crippen molar-refractivity contribution < 1.29 is 8.42 Å². The van der Waals surface area contributed by atoms with E-state index in [4.69, 9.17) is 18.0 Å². The van der Waals surface area contributed by atoms with Crippen LogP contribution < -0.4 is 5.73 Å². The van der Waals surface area contributed by atoms with Crippen LogP contribution in [0, 0.1) is 0 Å². The maximum absolute atomic E-state index is 11.5. The van der Waals surface area contributed by atoms with Crippen LogP contribution in [0.15, 0.2) is 24.3 Å². The van der Waals surface area contributed by atoms with Crippen molar-refractivity contribution in [2.75, 3.05) is 18.1 Å². The molecule has 0 aromatic heterocycles. The first-order valence-electron chi connectivity index (χ1n) is 6.20. The zero-order valence-corrected chi connectivity index (χ0v) is 12.5. The van der Waals surface area contributed by atoms with Crippen LogP contribution in [0.1, 0.15) is 18.1 Å². The lowest BCUT2D eigenvalue weighted by atomic mass is 10.1. The zero-order valence-electron chi connectivity index (χ0n) is 10.9. The average Bonchev–Trinajstić information content (AvgIpc) is 2.33. The summed E-state index contributed by atoms with van der Waals surface area (Å²) in [5, 5.41) is 0. The molecule has 2 N–H and O–H groups in total. The summed E-state index contributed by atoms with van der Waals surface area (Å²) in [5.41, 5.74) is 7.55. The van der Waals surface area contributed by atoms with E-state index in [0.717, 1.165) is 17.7 Å². The third-order valence-corrected chi connectivity index (χ3v) is 5.46. The fourth-order valence-electron chi connectivity index (χ4n) is 2.28. The van der Waals surface area contributed by atoms with Gasteiger partial charge in [0.25, 0.3) is 0 Å². The second-order valence-electron chi connectivity index (χ2n) is 5.00. The van der Waals surface area contributed by atoms with Crippen molar-refractivity contribution in [3.05, 3.63) is 35.4 Å². The summed E-state index contributed by atoms with van der Waals surface area (Å²) in [5.74, 6) is 0.500. The molecule has 1 atom stereocenters. The predicted molar refractivity (Wildman–Crippen MR) is 80.9 cm³/mol. The molecular formula is C13H18N2O2S2. The van der Waals surface area contributed by atoms with Gasteiger partial charge in [-0.15, -0.1) is 0 Å². The van der Waals surface area contributed by atoms with Gasteiger partial charge in [-0.25, -0.2) is 8.42 Å². The molecule has 1 aromatic rings. The van der Waals surface area contributed by atoms with Crippen LogP contribution in [0.25, 0.3) is 0 Å². The van der Waals surface area contributed by atoms with Gasteiger partial charge < -0.3 is 5.73 Å². The van der Waals surface area contributed by atoms with Gasteiger partial charge in [-0.1, -0.05) is 36.5 Å². The normalized spacial score (nSPS) is 23.1. The molecule has 1 aromatic carbocycles. The van der Waals surface area contributed by atoms with Gasteiger partial charge in [0.2, 0.25) is 0 Å². The van der Waals surface area contributed by atoms with E-state index in [1.165, 1.54) is 0 Å².